The molecule has 0 bridgehead atoms. The Kier molecular flexibility index (Phi) is 3.29. The molecule has 0 aliphatic rings. The van der Waals surface area contributed by atoms with Gasteiger partial charge in [-0.2, -0.15) is 0 Å². The van der Waals surface area contributed by atoms with Crippen molar-refractivity contribution in [3.63, 3.8) is 0 Å². The van der Waals surface area contributed by atoms with Crippen LogP contribution in [-0.4, -0.2) is 7.11 Å². The lowest BCUT2D eigenvalue weighted by molar-refractivity contribution is 0.413. The normalized spacial score (nSPS) is 12.8. The number of ether oxygens (including phenoxy) is 1. The molecular formula is C14H11ClOS2. The van der Waals surface area contributed by atoms with E-state index in [1.807, 2.05) is 17.5 Å². The van der Waals surface area contributed by atoms with Gasteiger partial charge in [0.1, 0.15) is 5.75 Å². The molecule has 4 heteroatoms. The number of rotatable bonds is 3. The quantitative estimate of drug-likeness (QED) is 0.596. The summed E-state index contributed by atoms with van der Waals surface area (Å²) in [5, 5.41) is 5.24. The first-order valence-electron chi connectivity index (χ1n) is 5.53. The van der Waals surface area contributed by atoms with E-state index in [4.69, 9.17) is 16.3 Å². The van der Waals surface area contributed by atoms with Gasteiger partial charge in [0.25, 0.3) is 0 Å². The third-order valence-corrected chi connectivity index (χ3v) is 5.42. The number of alkyl halides is 1. The molecule has 0 aliphatic carbocycles. The molecule has 92 valence electrons. The summed E-state index contributed by atoms with van der Waals surface area (Å²) >= 11 is 9.98. The van der Waals surface area contributed by atoms with Crippen LogP contribution < -0.4 is 4.74 Å². The van der Waals surface area contributed by atoms with Crippen molar-refractivity contribution in [3.05, 3.63) is 51.5 Å². The third kappa shape index (κ3) is 1.92. The van der Waals surface area contributed by atoms with Crippen molar-refractivity contribution in [1.82, 2.24) is 0 Å². The molecule has 2 heterocycles. The summed E-state index contributed by atoms with van der Waals surface area (Å²) in [7, 11) is 1.68. The summed E-state index contributed by atoms with van der Waals surface area (Å²) in [5.41, 5.74) is 1.16. The second-order valence-corrected chi connectivity index (χ2v) is 6.20. The maximum Gasteiger partial charge on any atom is 0.134 e. The fraction of sp³-hybridized carbons (Fsp3) is 0.143. The second-order valence-electron chi connectivity index (χ2n) is 3.90. The van der Waals surface area contributed by atoms with Gasteiger partial charge in [-0.15, -0.1) is 34.3 Å². The molecule has 0 fully saturated rings. The van der Waals surface area contributed by atoms with Crippen LogP contribution in [-0.2, 0) is 0 Å². The van der Waals surface area contributed by atoms with E-state index in [1.54, 1.807) is 29.8 Å². The van der Waals surface area contributed by atoms with Crippen LogP contribution in [0.5, 0.6) is 5.75 Å². The monoisotopic (exact) mass is 294 g/mol. The number of fused-ring (bicyclic) bond motifs is 1. The maximum absolute atomic E-state index is 6.61. The average Bonchev–Trinajstić information content (AvgIpc) is 3.04. The van der Waals surface area contributed by atoms with Crippen LogP contribution >= 0.6 is 34.3 Å². The molecule has 0 radical (unpaired) electrons. The van der Waals surface area contributed by atoms with Gasteiger partial charge < -0.3 is 4.74 Å². The lowest BCUT2D eigenvalue weighted by Crippen LogP contribution is -1.92. The zero-order chi connectivity index (χ0) is 12.5. The van der Waals surface area contributed by atoms with Gasteiger partial charge in [0.2, 0.25) is 0 Å². The minimum Gasteiger partial charge on any atom is -0.496 e. The van der Waals surface area contributed by atoms with Gasteiger partial charge >= 0.3 is 0 Å². The van der Waals surface area contributed by atoms with Crippen molar-refractivity contribution in [2.75, 3.05) is 7.11 Å². The van der Waals surface area contributed by atoms with E-state index in [1.165, 1.54) is 10.1 Å². The van der Waals surface area contributed by atoms with Gasteiger partial charge in [0, 0.05) is 4.70 Å². The van der Waals surface area contributed by atoms with Crippen molar-refractivity contribution >= 4 is 44.4 Å². The van der Waals surface area contributed by atoms with Crippen molar-refractivity contribution in [2.45, 2.75) is 5.38 Å². The zero-order valence-corrected chi connectivity index (χ0v) is 12.1. The highest BCUT2D eigenvalue weighted by Gasteiger charge is 2.20. The van der Waals surface area contributed by atoms with E-state index in [9.17, 15) is 0 Å². The summed E-state index contributed by atoms with van der Waals surface area (Å²) in [6.45, 7) is 0. The van der Waals surface area contributed by atoms with E-state index in [0.717, 1.165) is 16.2 Å². The molecule has 18 heavy (non-hydrogen) atoms. The maximum atomic E-state index is 6.61. The highest BCUT2D eigenvalue weighted by Crippen LogP contribution is 2.42. The van der Waals surface area contributed by atoms with Crippen molar-refractivity contribution in [1.29, 1.82) is 0 Å². The minimum absolute atomic E-state index is 0.143. The van der Waals surface area contributed by atoms with Crippen LogP contribution in [0.2, 0.25) is 0 Å². The molecule has 0 N–H and O–H groups in total. The van der Waals surface area contributed by atoms with E-state index < -0.39 is 0 Å². The number of hydrogen-bond acceptors (Lipinski definition) is 3. The summed E-state index contributed by atoms with van der Waals surface area (Å²) in [4.78, 5) is 1.07. The first kappa shape index (κ1) is 12.0. The minimum atomic E-state index is -0.143. The Bertz CT molecular complexity index is 671. The Morgan fingerprint density at radius 1 is 1.17 bits per heavy atom. The number of benzene rings is 1. The van der Waals surface area contributed by atoms with Crippen LogP contribution in [0.25, 0.3) is 10.1 Å². The van der Waals surface area contributed by atoms with Gasteiger partial charge in [-0.3, -0.25) is 0 Å². The second kappa shape index (κ2) is 4.92. The van der Waals surface area contributed by atoms with Gasteiger partial charge in [0.05, 0.1) is 17.4 Å². The van der Waals surface area contributed by atoms with E-state index >= 15 is 0 Å². The molecule has 1 nitrogen and oxygen atoms in total. The topological polar surface area (TPSA) is 9.23 Å². The Hall–Kier alpha value is -1.03. The Balaban J connectivity index is 2.09. The Labute approximate surface area is 119 Å². The molecule has 0 saturated heterocycles. The fourth-order valence-electron chi connectivity index (χ4n) is 2.00. The number of thiophene rings is 2. The molecule has 2 aromatic heterocycles. The molecule has 0 saturated carbocycles. The molecular weight excluding hydrogens is 284 g/mol. The molecule has 3 aromatic rings. The molecule has 0 amide bonds. The van der Waals surface area contributed by atoms with Crippen LogP contribution in [0, 0.1) is 0 Å². The predicted molar refractivity (Wildman–Crippen MR) is 80.4 cm³/mol. The first-order chi connectivity index (χ1) is 8.81. The SMILES string of the molecule is COc1ccsc1C(Cl)c1csc2ccccc12. The van der Waals surface area contributed by atoms with E-state index in [-0.39, 0.29) is 5.38 Å². The number of hydrogen-bond donors (Lipinski definition) is 0. The molecule has 3 rings (SSSR count). The smallest absolute Gasteiger partial charge is 0.134 e. The highest BCUT2D eigenvalue weighted by molar-refractivity contribution is 7.17. The predicted octanol–water partition coefficient (Wildman–Crippen LogP) is 5.30. The average molecular weight is 295 g/mol. The van der Waals surface area contributed by atoms with Crippen LogP contribution in [0.1, 0.15) is 15.8 Å². The highest BCUT2D eigenvalue weighted by atomic mass is 35.5. The van der Waals surface area contributed by atoms with Crippen LogP contribution in [0.3, 0.4) is 0 Å². The largest absolute Gasteiger partial charge is 0.496 e. The zero-order valence-electron chi connectivity index (χ0n) is 9.72. The molecule has 0 aliphatic heterocycles. The van der Waals surface area contributed by atoms with Crippen molar-refractivity contribution in [3.8, 4) is 5.75 Å². The molecule has 1 aromatic carbocycles. The lowest BCUT2D eigenvalue weighted by Gasteiger charge is -2.09. The first-order valence-corrected chi connectivity index (χ1v) is 7.72. The van der Waals surface area contributed by atoms with Crippen molar-refractivity contribution in [2.24, 2.45) is 0 Å². The van der Waals surface area contributed by atoms with Gasteiger partial charge in [0.15, 0.2) is 0 Å². The fourth-order valence-corrected chi connectivity index (χ4v) is 4.35. The Morgan fingerprint density at radius 3 is 2.83 bits per heavy atom. The van der Waals surface area contributed by atoms with Gasteiger partial charge in [-0.05, 0) is 33.8 Å². The van der Waals surface area contributed by atoms with E-state index in [0.29, 0.717) is 0 Å². The summed E-state index contributed by atoms with van der Waals surface area (Å²) in [6, 6.07) is 10.3. The standard InChI is InChI=1S/C14H11ClOS2/c1-16-11-6-7-17-14(11)13(15)10-8-18-12-5-3-2-4-9(10)12/h2-8,13H,1H3. The van der Waals surface area contributed by atoms with Gasteiger partial charge in [-0.25, -0.2) is 0 Å². The third-order valence-electron chi connectivity index (χ3n) is 2.89. The van der Waals surface area contributed by atoms with E-state index in [2.05, 4.69) is 23.6 Å². The Morgan fingerprint density at radius 2 is 2.00 bits per heavy atom. The molecule has 0 spiro atoms. The number of halogens is 1. The lowest BCUT2D eigenvalue weighted by atomic mass is 10.1. The number of methoxy groups -OCH3 is 1. The summed E-state index contributed by atoms with van der Waals surface area (Å²) in [5.74, 6) is 0.871. The molecule has 1 atom stereocenters. The summed E-state index contributed by atoms with van der Waals surface area (Å²) in [6.07, 6.45) is 0. The van der Waals surface area contributed by atoms with Crippen LogP contribution in [0.4, 0.5) is 0 Å². The molecule has 1 unspecified atom stereocenters. The summed E-state index contributed by atoms with van der Waals surface area (Å²) < 4.78 is 6.62. The van der Waals surface area contributed by atoms with Crippen molar-refractivity contribution < 1.29 is 4.74 Å². The van der Waals surface area contributed by atoms with Gasteiger partial charge in [-0.1, -0.05) is 18.2 Å². The van der Waals surface area contributed by atoms with Crippen LogP contribution in [0.15, 0.2) is 41.1 Å².